The topological polar surface area (TPSA) is 42.9 Å². The van der Waals surface area contributed by atoms with Crippen molar-refractivity contribution in [2.45, 2.75) is 19.3 Å². The van der Waals surface area contributed by atoms with Crippen LogP contribution in [-0.2, 0) is 6.42 Å². The van der Waals surface area contributed by atoms with E-state index in [0.29, 0.717) is 12.2 Å². The summed E-state index contributed by atoms with van der Waals surface area (Å²) < 4.78 is 0. The van der Waals surface area contributed by atoms with Crippen LogP contribution in [0.1, 0.15) is 28.8 Å². The number of Topliss-reactive ketones (excluding diaryl/α,β-unsaturated/α-hetero) is 1. The second-order valence-electron chi connectivity index (χ2n) is 6.14. The standard InChI is InChI=1S/C18H14O.C4H4N2/c19-18-7-3-6-14-16-9-8-12-4-1-2-5-13(12)15(16)10-11-17(14)18;1-2-6-4-3-5-1/h1-2,4-5,8-11H,3,6-7H2;1-4H. The van der Waals surface area contributed by atoms with Crippen LogP contribution in [0.15, 0.2) is 73.3 Å². The molecule has 5 rings (SSSR count). The molecule has 0 N–H and O–H groups in total. The Kier molecular flexibility index (Phi) is 4.21. The monoisotopic (exact) mass is 326 g/mol. The fourth-order valence-corrected chi connectivity index (χ4v) is 3.49. The summed E-state index contributed by atoms with van der Waals surface area (Å²) >= 11 is 0. The van der Waals surface area contributed by atoms with Crippen molar-refractivity contribution in [1.82, 2.24) is 9.97 Å². The lowest BCUT2D eigenvalue weighted by molar-refractivity contribution is 0.0973. The van der Waals surface area contributed by atoms with Gasteiger partial charge in [-0.25, -0.2) is 0 Å². The van der Waals surface area contributed by atoms with Gasteiger partial charge in [-0.15, -0.1) is 0 Å². The molecule has 0 atom stereocenters. The number of hydrogen-bond acceptors (Lipinski definition) is 3. The van der Waals surface area contributed by atoms with Gasteiger partial charge in [-0.05, 0) is 39.9 Å². The number of aromatic nitrogens is 2. The summed E-state index contributed by atoms with van der Waals surface area (Å²) in [6.45, 7) is 0. The summed E-state index contributed by atoms with van der Waals surface area (Å²) in [5, 5.41) is 5.06. The van der Waals surface area contributed by atoms with Crippen molar-refractivity contribution in [3.8, 4) is 0 Å². The normalized spacial score (nSPS) is 13.2. The number of fused-ring (bicyclic) bond motifs is 5. The summed E-state index contributed by atoms with van der Waals surface area (Å²) in [4.78, 5) is 19.4. The van der Waals surface area contributed by atoms with Crippen LogP contribution in [0.2, 0.25) is 0 Å². The fourth-order valence-electron chi connectivity index (χ4n) is 3.49. The van der Waals surface area contributed by atoms with Crippen LogP contribution >= 0.6 is 0 Å². The highest BCUT2D eigenvalue weighted by Gasteiger charge is 2.19. The predicted octanol–water partition coefficient (Wildman–Crippen LogP) is 4.99. The molecule has 3 nitrogen and oxygen atoms in total. The number of nitrogens with zero attached hydrogens (tertiary/aromatic N) is 2. The molecule has 25 heavy (non-hydrogen) atoms. The Morgan fingerprint density at radius 3 is 2.16 bits per heavy atom. The van der Waals surface area contributed by atoms with Crippen LogP contribution in [0.4, 0.5) is 0 Å². The first kappa shape index (κ1) is 15.5. The van der Waals surface area contributed by atoms with Crippen LogP contribution in [0.5, 0.6) is 0 Å². The van der Waals surface area contributed by atoms with Crippen molar-refractivity contribution >= 4 is 27.3 Å². The van der Waals surface area contributed by atoms with Crippen LogP contribution in [0.3, 0.4) is 0 Å². The molecule has 0 spiro atoms. The van der Waals surface area contributed by atoms with Gasteiger partial charge in [0.15, 0.2) is 5.78 Å². The highest BCUT2D eigenvalue weighted by Crippen LogP contribution is 2.33. The molecule has 0 unspecified atom stereocenters. The predicted molar refractivity (Wildman–Crippen MR) is 101 cm³/mol. The van der Waals surface area contributed by atoms with Crippen molar-refractivity contribution in [2.24, 2.45) is 0 Å². The Morgan fingerprint density at radius 1 is 0.680 bits per heavy atom. The first-order valence-corrected chi connectivity index (χ1v) is 8.51. The molecule has 122 valence electrons. The SMILES string of the molecule is O=C1CCCc2c1ccc1c2ccc2ccccc21.c1cnccn1. The van der Waals surface area contributed by atoms with E-state index >= 15 is 0 Å². The minimum Gasteiger partial charge on any atom is -0.294 e. The molecule has 0 radical (unpaired) electrons. The van der Waals surface area contributed by atoms with E-state index in [4.69, 9.17) is 0 Å². The van der Waals surface area contributed by atoms with E-state index in [0.717, 1.165) is 18.4 Å². The van der Waals surface area contributed by atoms with Crippen molar-refractivity contribution in [1.29, 1.82) is 0 Å². The van der Waals surface area contributed by atoms with Crippen LogP contribution < -0.4 is 0 Å². The number of hydrogen-bond donors (Lipinski definition) is 0. The third-order valence-electron chi connectivity index (χ3n) is 4.65. The lowest BCUT2D eigenvalue weighted by Crippen LogP contribution is -2.10. The van der Waals surface area contributed by atoms with E-state index in [1.165, 1.54) is 27.1 Å². The van der Waals surface area contributed by atoms with E-state index in [9.17, 15) is 4.79 Å². The Hall–Kier alpha value is -3.07. The third-order valence-corrected chi connectivity index (χ3v) is 4.65. The lowest BCUT2D eigenvalue weighted by atomic mass is 9.86. The maximum absolute atomic E-state index is 12.0. The Balaban J connectivity index is 0.000000223. The molecule has 1 heterocycles. The number of carbonyl (C=O) groups excluding carboxylic acids is 1. The molecular formula is C22H18N2O. The summed E-state index contributed by atoms with van der Waals surface area (Å²) in [5.41, 5.74) is 2.19. The summed E-state index contributed by atoms with van der Waals surface area (Å²) in [6, 6.07) is 16.9. The molecule has 0 amide bonds. The number of ketones is 1. The van der Waals surface area contributed by atoms with Crippen LogP contribution in [0.25, 0.3) is 21.5 Å². The average molecular weight is 326 g/mol. The third kappa shape index (κ3) is 3.01. The van der Waals surface area contributed by atoms with Gasteiger partial charge in [0.25, 0.3) is 0 Å². The van der Waals surface area contributed by atoms with Gasteiger partial charge in [-0.3, -0.25) is 14.8 Å². The molecular weight excluding hydrogens is 308 g/mol. The van der Waals surface area contributed by atoms with Crippen molar-refractivity contribution < 1.29 is 4.79 Å². The van der Waals surface area contributed by atoms with E-state index in [1.54, 1.807) is 24.8 Å². The molecule has 0 fully saturated rings. The van der Waals surface area contributed by atoms with Crippen molar-refractivity contribution in [2.75, 3.05) is 0 Å². The highest BCUT2D eigenvalue weighted by molar-refractivity contribution is 6.12. The van der Waals surface area contributed by atoms with Crippen molar-refractivity contribution in [3.05, 3.63) is 84.4 Å². The zero-order valence-corrected chi connectivity index (χ0v) is 13.9. The number of benzene rings is 3. The van der Waals surface area contributed by atoms with Crippen LogP contribution in [-0.4, -0.2) is 15.8 Å². The molecule has 1 aliphatic carbocycles. The minimum atomic E-state index is 0.302. The van der Waals surface area contributed by atoms with Gasteiger partial charge in [0.2, 0.25) is 0 Å². The average Bonchev–Trinajstić information content (AvgIpc) is 2.69. The first-order chi connectivity index (χ1) is 12.3. The zero-order chi connectivity index (χ0) is 17.1. The maximum Gasteiger partial charge on any atom is 0.163 e. The van der Waals surface area contributed by atoms with Gasteiger partial charge in [-0.1, -0.05) is 48.5 Å². The molecule has 1 aliphatic rings. The Labute approximate surface area is 146 Å². The lowest BCUT2D eigenvalue weighted by Gasteiger charge is -2.17. The van der Waals surface area contributed by atoms with Crippen molar-refractivity contribution in [3.63, 3.8) is 0 Å². The van der Waals surface area contributed by atoms with E-state index < -0.39 is 0 Å². The van der Waals surface area contributed by atoms with Gasteiger partial charge in [-0.2, -0.15) is 0 Å². The minimum absolute atomic E-state index is 0.302. The maximum atomic E-state index is 12.0. The molecule has 3 aromatic carbocycles. The Bertz CT molecular complexity index is 1010. The van der Waals surface area contributed by atoms with Gasteiger partial charge in [0.1, 0.15) is 0 Å². The smallest absolute Gasteiger partial charge is 0.163 e. The summed E-state index contributed by atoms with van der Waals surface area (Å²) in [7, 11) is 0. The van der Waals surface area contributed by atoms with Gasteiger partial charge >= 0.3 is 0 Å². The van der Waals surface area contributed by atoms with E-state index in [2.05, 4.69) is 52.4 Å². The molecule has 4 aromatic rings. The van der Waals surface area contributed by atoms with E-state index in [-0.39, 0.29) is 0 Å². The zero-order valence-electron chi connectivity index (χ0n) is 13.9. The molecule has 0 saturated heterocycles. The fraction of sp³-hybridized carbons (Fsp3) is 0.136. The van der Waals surface area contributed by atoms with Crippen LogP contribution in [0, 0.1) is 0 Å². The number of aryl methyl sites for hydroxylation is 1. The molecule has 0 saturated carbocycles. The molecule has 0 bridgehead atoms. The van der Waals surface area contributed by atoms with E-state index in [1.807, 2.05) is 6.07 Å². The molecule has 0 aliphatic heterocycles. The second kappa shape index (κ2) is 6.81. The summed E-state index contributed by atoms with van der Waals surface area (Å²) in [5.74, 6) is 0.302. The summed E-state index contributed by atoms with van der Waals surface area (Å²) in [6.07, 6.45) is 9.26. The molecule has 3 heteroatoms. The molecule has 1 aromatic heterocycles. The number of carbonyl (C=O) groups is 1. The first-order valence-electron chi connectivity index (χ1n) is 8.51. The van der Waals surface area contributed by atoms with Gasteiger partial charge < -0.3 is 0 Å². The largest absolute Gasteiger partial charge is 0.294 e. The Morgan fingerprint density at radius 2 is 1.40 bits per heavy atom. The van der Waals surface area contributed by atoms with Gasteiger partial charge in [0.05, 0.1) is 0 Å². The quantitative estimate of drug-likeness (QED) is 0.428. The number of rotatable bonds is 0. The highest BCUT2D eigenvalue weighted by atomic mass is 16.1. The van der Waals surface area contributed by atoms with Gasteiger partial charge in [0, 0.05) is 36.8 Å². The second-order valence-corrected chi connectivity index (χ2v) is 6.14.